The Morgan fingerprint density at radius 2 is 1.61 bits per heavy atom. The van der Waals surface area contributed by atoms with Crippen LogP contribution in [0.15, 0.2) is 72.9 Å². The van der Waals surface area contributed by atoms with Gasteiger partial charge in [0, 0.05) is 32.2 Å². The Labute approximate surface area is 182 Å². The number of rotatable bonds is 8. The lowest BCUT2D eigenvalue weighted by Crippen LogP contribution is -2.36. The Hall–Kier alpha value is -3.45. The van der Waals surface area contributed by atoms with Crippen molar-refractivity contribution in [2.75, 3.05) is 49.6 Å². The van der Waals surface area contributed by atoms with Crippen LogP contribution in [0.2, 0.25) is 0 Å². The zero-order valence-electron chi connectivity index (χ0n) is 17.4. The molecular weight excluding hydrogens is 390 g/mol. The number of amides is 1. The van der Waals surface area contributed by atoms with Crippen LogP contribution in [0.3, 0.4) is 0 Å². The van der Waals surface area contributed by atoms with Gasteiger partial charge in [0.1, 0.15) is 0 Å². The average molecular weight is 418 g/mol. The van der Waals surface area contributed by atoms with Crippen molar-refractivity contribution < 1.29 is 9.53 Å². The number of morpholine rings is 1. The lowest BCUT2D eigenvalue weighted by Gasteiger charge is -2.28. The van der Waals surface area contributed by atoms with Gasteiger partial charge in [0.05, 0.1) is 31.0 Å². The third-order valence-corrected chi connectivity index (χ3v) is 5.27. The van der Waals surface area contributed by atoms with E-state index < -0.39 is 0 Å². The number of nitrogens with zero attached hydrogens (tertiary/aromatic N) is 3. The molecule has 3 aromatic rings. The van der Waals surface area contributed by atoms with Crippen LogP contribution >= 0.6 is 0 Å². The van der Waals surface area contributed by atoms with E-state index in [2.05, 4.69) is 25.7 Å². The number of carbonyl (C=O) groups excluding carboxylic acids is 1. The number of benzene rings is 2. The molecule has 1 amide bonds. The van der Waals surface area contributed by atoms with Gasteiger partial charge in [-0.1, -0.05) is 60.7 Å². The first kappa shape index (κ1) is 20.8. The molecule has 7 heteroatoms. The normalized spacial score (nSPS) is 13.8. The average Bonchev–Trinajstić information content (AvgIpc) is 2.84. The first-order chi connectivity index (χ1) is 15.3. The van der Waals surface area contributed by atoms with E-state index in [9.17, 15) is 4.79 Å². The second-order valence-electron chi connectivity index (χ2n) is 7.37. The fraction of sp³-hybridized carbons (Fsp3) is 0.292. The zero-order valence-corrected chi connectivity index (χ0v) is 17.4. The quantitative estimate of drug-likeness (QED) is 0.549. The van der Waals surface area contributed by atoms with Gasteiger partial charge < -0.3 is 20.3 Å². The molecule has 0 atom stereocenters. The number of aromatic nitrogens is 2. The van der Waals surface area contributed by atoms with E-state index in [-0.39, 0.29) is 11.8 Å². The molecule has 1 aromatic heterocycles. The molecule has 1 fully saturated rings. The molecule has 160 valence electrons. The molecule has 31 heavy (non-hydrogen) atoms. The number of carbonyl (C=O) groups is 1. The van der Waals surface area contributed by atoms with Gasteiger partial charge in [-0.2, -0.15) is 5.10 Å². The van der Waals surface area contributed by atoms with Gasteiger partial charge in [0.15, 0.2) is 5.82 Å². The summed E-state index contributed by atoms with van der Waals surface area (Å²) in [5.74, 6) is 0.333. The van der Waals surface area contributed by atoms with Crippen LogP contribution in [0.1, 0.15) is 17.0 Å². The fourth-order valence-electron chi connectivity index (χ4n) is 3.70. The largest absolute Gasteiger partial charge is 0.378 e. The van der Waals surface area contributed by atoms with Crippen molar-refractivity contribution in [3.05, 3.63) is 84.1 Å². The Balaban J connectivity index is 1.34. The van der Waals surface area contributed by atoms with Crippen molar-refractivity contribution in [1.29, 1.82) is 0 Å². The van der Waals surface area contributed by atoms with Gasteiger partial charge in [-0.3, -0.25) is 4.79 Å². The number of anilines is 2. The summed E-state index contributed by atoms with van der Waals surface area (Å²) in [5, 5.41) is 14.6. The lowest BCUT2D eigenvalue weighted by atomic mass is 9.90. The standard InChI is InChI=1S/C24H27N5O2/c30-24(23(19-7-3-1-4-8-19)20-9-5-2-6-10-20)26-12-11-25-22-17-21(18-27-28-22)29-13-15-31-16-14-29/h1-10,17-18,23H,11-16H2,(H,25,28)(H,26,30). The van der Waals surface area contributed by atoms with Crippen LogP contribution in [-0.2, 0) is 9.53 Å². The number of nitrogens with one attached hydrogen (secondary N) is 2. The topological polar surface area (TPSA) is 79.4 Å². The molecule has 7 nitrogen and oxygen atoms in total. The Morgan fingerprint density at radius 3 is 2.26 bits per heavy atom. The van der Waals surface area contributed by atoms with Crippen LogP contribution in [0.5, 0.6) is 0 Å². The Morgan fingerprint density at radius 1 is 0.968 bits per heavy atom. The van der Waals surface area contributed by atoms with Crippen LogP contribution in [0.25, 0.3) is 0 Å². The van der Waals surface area contributed by atoms with Crippen molar-refractivity contribution >= 4 is 17.4 Å². The van der Waals surface area contributed by atoms with Gasteiger partial charge >= 0.3 is 0 Å². The number of hydrogen-bond donors (Lipinski definition) is 2. The van der Waals surface area contributed by atoms with E-state index in [4.69, 9.17) is 4.74 Å². The summed E-state index contributed by atoms with van der Waals surface area (Å²) in [5.41, 5.74) is 2.98. The van der Waals surface area contributed by atoms with E-state index in [0.717, 1.165) is 43.1 Å². The first-order valence-electron chi connectivity index (χ1n) is 10.6. The minimum atomic E-state index is -0.341. The van der Waals surface area contributed by atoms with Crippen molar-refractivity contribution in [1.82, 2.24) is 15.5 Å². The van der Waals surface area contributed by atoms with Crippen LogP contribution in [-0.4, -0.2) is 55.5 Å². The fourth-order valence-corrected chi connectivity index (χ4v) is 3.70. The van der Waals surface area contributed by atoms with Crippen LogP contribution in [0, 0.1) is 0 Å². The molecule has 2 aromatic carbocycles. The van der Waals surface area contributed by atoms with Crippen LogP contribution < -0.4 is 15.5 Å². The second kappa shape index (κ2) is 10.5. The van der Waals surface area contributed by atoms with Crippen LogP contribution in [0.4, 0.5) is 11.5 Å². The molecule has 2 heterocycles. The van der Waals surface area contributed by atoms with Crippen molar-refractivity contribution in [3.8, 4) is 0 Å². The van der Waals surface area contributed by atoms with Gasteiger partial charge in [0.25, 0.3) is 0 Å². The van der Waals surface area contributed by atoms with E-state index >= 15 is 0 Å². The molecule has 0 radical (unpaired) electrons. The molecule has 0 aliphatic carbocycles. The highest BCUT2D eigenvalue weighted by molar-refractivity contribution is 5.87. The number of ether oxygens (including phenoxy) is 1. The van der Waals surface area contributed by atoms with Gasteiger partial charge in [-0.15, -0.1) is 5.10 Å². The first-order valence-corrected chi connectivity index (χ1v) is 10.6. The summed E-state index contributed by atoms with van der Waals surface area (Å²) >= 11 is 0. The molecule has 1 aliphatic rings. The SMILES string of the molecule is O=C(NCCNc1cc(N2CCOCC2)cnn1)C(c1ccccc1)c1ccccc1. The minimum absolute atomic E-state index is 0.0210. The molecule has 1 aliphatic heterocycles. The Kier molecular flexibility index (Phi) is 7.08. The predicted octanol–water partition coefficient (Wildman–Crippen LogP) is 2.67. The lowest BCUT2D eigenvalue weighted by molar-refractivity contribution is -0.121. The maximum absolute atomic E-state index is 13.0. The summed E-state index contributed by atoms with van der Waals surface area (Å²) in [7, 11) is 0. The van der Waals surface area contributed by atoms with Crippen molar-refractivity contribution in [2.24, 2.45) is 0 Å². The smallest absolute Gasteiger partial charge is 0.232 e. The molecule has 4 rings (SSSR count). The Bertz CT molecular complexity index is 922. The summed E-state index contributed by atoms with van der Waals surface area (Å²) in [6.07, 6.45) is 1.77. The second-order valence-corrected chi connectivity index (χ2v) is 7.37. The van der Waals surface area contributed by atoms with E-state index in [1.165, 1.54) is 0 Å². The van der Waals surface area contributed by atoms with E-state index in [0.29, 0.717) is 18.9 Å². The molecule has 0 spiro atoms. The highest BCUT2D eigenvalue weighted by atomic mass is 16.5. The monoisotopic (exact) mass is 417 g/mol. The summed E-state index contributed by atoms with van der Waals surface area (Å²) in [6, 6.07) is 21.7. The molecular formula is C24H27N5O2. The third kappa shape index (κ3) is 5.58. The van der Waals surface area contributed by atoms with Gasteiger partial charge in [-0.25, -0.2) is 0 Å². The molecule has 0 bridgehead atoms. The molecule has 2 N–H and O–H groups in total. The molecule has 0 saturated carbocycles. The third-order valence-electron chi connectivity index (χ3n) is 5.27. The molecule has 1 saturated heterocycles. The van der Waals surface area contributed by atoms with Gasteiger partial charge in [0.2, 0.25) is 5.91 Å². The predicted molar refractivity (Wildman–Crippen MR) is 121 cm³/mol. The van der Waals surface area contributed by atoms with Gasteiger partial charge in [-0.05, 0) is 11.1 Å². The minimum Gasteiger partial charge on any atom is -0.378 e. The highest BCUT2D eigenvalue weighted by Gasteiger charge is 2.22. The summed E-state index contributed by atoms with van der Waals surface area (Å²) in [4.78, 5) is 15.3. The summed E-state index contributed by atoms with van der Waals surface area (Å²) in [6.45, 7) is 4.19. The maximum Gasteiger partial charge on any atom is 0.232 e. The highest BCUT2D eigenvalue weighted by Crippen LogP contribution is 2.24. The maximum atomic E-state index is 13.0. The number of hydrogen-bond acceptors (Lipinski definition) is 6. The van der Waals surface area contributed by atoms with Crippen molar-refractivity contribution in [2.45, 2.75) is 5.92 Å². The summed E-state index contributed by atoms with van der Waals surface area (Å²) < 4.78 is 5.40. The zero-order chi connectivity index (χ0) is 21.3. The van der Waals surface area contributed by atoms with Crippen molar-refractivity contribution in [3.63, 3.8) is 0 Å². The molecule has 0 unspecified atom stereocenters. The van der Waals surface area contributed by atoms with E-state index in [1.54, 1.807) is 6.20 Å². The van der Waals surface area contributed by atoms with E-state index in [1.807, 2.05) is 66.7 Å².